The van der Waals surface area contributed by atoms with Crippen LogP contribution in [0.4, 0.5) is 5.13 Å². The van der Waals surface area contributed by atoms with Gasteiger partial charge in [0.2, 0.25) is 0 Å². The molecule has 2 rings (SSSR count). The van der Waals surface area contributed by atoms with E-state index in [1.807, 2.05) is 6.07 Å². The summed E-state index contributed by atoms with van der Waals surface area (Å²) in [7, 11) is 0. The molecule has 1 heterocycles. The zero-order valence-corrected chi connectivity index (χ0v) is 14.8. The monoisotopic (exact) mass is 354 g/mol. The molecule has 1 atom stereocenters. The molecule has 124 valence electrons. The maximum Gasteiger partial charge on any atom is 0.350 e. The standard InChI is InChI=1S/C16H19ClN2O3S/c1-4-22-14(20)13-10(2)19-15(23-13)18-9-16(3,21)11-6-5-7-12(17)8-11/h5-8,21H,4,9H2,1-3H3,(H,18,19). The molecule has 0 saturated carbocycles. The summed E-state index contributed by atoms with van der Waals surface area (Å²) < 4.78 is 4.99. The van der Waals surface area contributed by atoms with Gasteiger partial charge >= 0.3 is 5.97 Å². The fourth-order valence-corrected chi connectivity index (χ4v) is 3.08. The third-order valence-corrected chi connectivity index (χ3v) is 4.62. The van der Waals surface area contributed by atoms with E-state index in [1.165, 1.54) is 11.3 Å². The Morgan fingerprint density at radius 2 is 2.26 bits per heavy atom. The van der Waals surface area contributed by atoms with Crippen molar-refractivity contribution in [1.29, 1.82) is 0 Å². The summed E-state index contributed by atoms with van der Waals surface area (Å²) in [6.45, 7) is 5.77. The average molecular weight is 355 g/mol. The Balaban J connectivity index is 2.08. The minimum Gasteiger partial charge on any atom is -0.462 e. The van der Waals surface area contributed by atoms with Crippen molar-refractivity contribution in [3.8, 4) is 0 Å². The van der Waals surface area contributed by atoms with Crippen molar-refractivity contribution in [3.63, 3.8) is 0 Å². The Morgan fingerprint density at radius 3 is 2.91 bits per heavy atom. The SMILES string of the molecule is CCOC(=O)c1sc(NCC(C)(O)c2cccc(Cl)c2)nc1C. The van der Waals surface area contributed by atoms with Gasteiger partial charge in [0.15, 0.2) is 5.13 Å². The van der Waals surface area contributed by atoms with E-state index in [1.54, 1.807) is 39.0 Å². The van der Waals surface area contributed by atoms with Gasteiger partial charge in [0, 0.05) is 11.6 Å². The van der Waals surface area contributed by atoms with Crippen molar-refractivity contribution < 1.29 is 14.6 Å². The highest BCUT2D eigenvalue weighted by atomic mass is 35.5. The van der Waals surface area contributed by atoms with Crippen LogP contribution in [0.3, 0.4) is 0 Å². The summed E-state index contributed by atoms with van der Waals surface area (Å²) in [6, 6.07) is 7.08. The van der Waals surface area contributed by atoms with Gasteiger partial charge in [0.05, 0.1) is 12.3 Å². The molecular formula is C16H19ClN2O3S. The van der Waals surface area contributed by atoms with Crippen LogP contribution in [0.15, 0.2) is 24.3 Å². The number of nitrogens with one attached hydrogen (secondary N) is 1. The lowest BCUT2D eigenvalue weighted by molar-refractivity contribution is 0.0531. The molecule has 0 spiro atoms. The van der Waals surface area contributed by atoms with Gasteiger partial charge in [-0.2, -0.15) is 0 Å². The zero-order valence-electron chi connectivity index (χ0n) is 13.2. The van der Waals surface area contributed by atoms with Crippen LogP contribution in [0, 0.1) is 6.92 Å². The molecule has 2 N–H and O–H groups in total. The molecule has 0 bridgehead atoms. The van der Waals surface area contributed by atoms with E-state index in [4.69, 9.17) is 16.3 Å². The van der Waals surface area contributed by atoms with Crippen LogP contribution in [-0.4, -0.2) is 29.2 Å². The van der Waals surface area contributed by atoms with E-state index < -0.39 is 5.60 Å². The van der Waals surface area contributed by atoms with Crippen molar-refractivity contribution in [2.24, 2.45) is 0 Å². The third kappa shape index (κ3) is 4.43. The maximum atomic E-state index is 11.8. The number of esters is 1. The average Bonchev–Trinajstić information content (AvgIpc) is 2.87. The first-order chi connectivity index (χ1) is 10.8. The number of halogens is 1. The topological polar surface area (TPSA) is 71.5 Å². The minimum absolute atomic E-state index is 0.239. The minimum atomic E-state index is -1.12. The van der Waals surface area contributed by atoms with Crippen molar-refractivity contribution in [2.75, 3.05) is 18.5 Å². The lowest BCUT2D eigenvalue weighted by Gasteiger charge is -2.24. The number of hydrogen-bond donors (Lipinski definition) is 2. The van der Waals surface area contributed by atoms with Crippen LogP contribution in [0.5, 0.6) is 0 Å². The van der Waals surface area contributed by atoms with Crippen molar-refractivity contribution >= 4 is 34.0 Å². The van der Waals surface area contributed by atoms with Gasteiger partial charge in [0.25, 0.3) is 0 Å². The molecule has 0 amide bonds. The molecule has 0 saturated heterocycles. The molecule has 0 radical (unpaired) electrons. The number of carbonyl (C=O) groups is 1. The first-order valence-corrected chi connectivity index (χ1v) is 8.40. The molecule has 0 fully saturated rings. The number of hydrogen-bond acceptors (Lipinski definition) is 6. The number of aromatic nitrogens is 1. The lowest BCUT2D eigenvalue weighted by atomic mass is 9.96. The molecule has 2 aromatic rings. The van der Waals surface area contributed by atoms with Crippen LogP contribution < -0.4 is 5.32 Å². The molecule has 0 aliphatic carbocycles. The summed E-state index contributed by atoms with van der Waals surface area (Å²) in [4.78, 5) is 16.6. The van der Waals surface area contributed by atoms with Crippen LogP contribution in [-0.2, 0) is 10.3 Å². The zero-order chi connectivity index (χ0) is 17.0. The quantitative estimate of drug-likeness (QED) is 0.775. The first kappa shape index (κ1) is 17.7. The summed E-state index contributed by atoms with van der Waals surface area (Å²) in [5.41, 5.74) is 0.198. The van der Waals surface area contributed by atoms with Gasteiger partial charge in [-0.25, -0.2) is 9.78 Å². The molecule has 0 aliphatic rings. The Labute approximate surface area is 144 Å². The van der Waals surface area contributed by atoms with Crippen LogP contribution in [0.1, 0.15) is 34.8 Å². The Kier molecular flexibility index (Phi) is 5.62. The molecule has 5 nitrogen and oxygen atoms in total. The van der Waals surface area contributed by atoms with Crippen LogP contribution >= 0.6 is 22.9 Å². The second-order valence-electron chi connectivity index (χ2n) is 5.29. The Morgan fingerprint density at radius 1 is 1.52 bits per heavy atom. The fraction of sp³-hybridized carbons (Fsp3) is 0.375. The molecule has 1 aromatic carbocycles. The number of aryl methyl sites for hydroxylation is 1. The second-order valence-corrected chi connectivity index (χ2v) is 6.73. The predicted octanol–water partition coefficient (Wildman–Crippen LogP) is 3.60. The van der Waals surface area contributed by atoms with E-state index in [0.717, 1.165) is 0 Å². The Hall–Kier alpha value is -1.63. The maximum absolute atomic E-state index is 11.8. The van der Waals surface area contributed by atoms with E-state index in [2.05, 4.69) is 10.3 Å². The number of anilines is 1. The predicted molar refractivity (Wildman–Crippen MR) is 92.3 cm³/mol. The Bertz CT molecular complexity index is 700. The largest absolute Gasteiger partial charge is 0.462 e. The van der Waals surface area contributed by atoms with E-state index in [-0.39, 0.29) is 12.5 Å². The number of rotatable bonds is 6. The van der Waals surface area contributed by atoms with Crippen LogP contribution in [0.25, 0.3) is 0 Å². The fourth-order valence-electron chi connectivity index (χ4n) is 2.03. The number of carbonyl (C=O) groups excluding carboxylic acids is 1. The van der Waals surface area contributed by atoms with Gasteiger partial charge in [-0.05, 0) is 38.5 Å². The number of ether oxygens (including phenoxy) is 1. The highest BCUT2D eigenvalue weighted by Crippen LogP contribution is 2.27. The van der Waals surface area contributed by atoms with Crippen molar-refractivity contribution in [3.05, 3.63) is 45.4 Å². The highest BCUT2D eigenvalue weighted by Gasteiger charge is 2.24. The van der Waals surface area contributed by atoms with Gasteiger partial charge in [-0.3, -0.25) is 0 Å². The van der Waals surface area contributed by atoms with Gasteiger partial charge in [0.1, 0.15) is 10.5 Å². The number of benzene rings is 1. The first-order valence-electron chi connectivity index (χ1n) is 7.20. The summed E-state index contributed by atoms with van der Waals surface area (Å²) >= 11 is 7.18. The lowest BCUT2D eigenvalue weighted by Crippen LogP contribution is -2.30. The summed E-state index contributed by atoms with van der Waals surface area (Å²) in [6.07, 6.45) is 0. The molecule has 1 unspecified atom stereocenters. The molecule has 7 heteroatoms. The van der Waals surface area contributed by atoms with Crippen molar-refractivity contribution in [2.45, 2.75) is 26.4 Å². The van der Waals surface area contributed by atoms with E-state index in [9.17, 15) is 9.90 Å². The summed E-state index contributed by atoms with van der Waals surface area (Å²) in [5, 5.41) is 14.8. The number of aliphatic hydroxyl groups is 1. The van der Waals surface area contributed by atoms with Gasteiger partial charge < -0.3 is 15.2 Å². The van der Waals surface area contributed by atoms with Gasteiger partial charge in [-0.15, -0.1) is 0 Å². The van der Waals surface area contributed by atoms with Crippen molar-refractivity contribution in [1.82, 2.24) is 4.98 Å². The molecular weight excluding hydrogens is 336 g/mol. The third-order valence-electron chi connectivity index (χ3n) is 3.29. The number of nitrogens with zero attached hydrogens (tertiary/aromatic N) is 1. The van der Waals surface area contributed by atoms with Crippen LogP contribution in [0.2, 0.25) is 5.02 Å². The van der Waals surface area contributed by atoms with E-state index >= 15 is 0 Å². The van der Waals surface area contributed by atoms with Gasteiger partial charge in [-0.1, -0.05) is 35.1 Å². The smallest absolute Gasteiger partial charge is 0.350 e. The summed E-state index contributed by atoms with van der Waals surface area (Å²) in [5.74, 6) is -0.378. The molecule has 0 aliphatic heterocycles. The number of thiazole rings is 1. The highest BCUT2D eigenvalue weighted by molar-refractivity contribution is 7.17. The second kappa shape index (κ2) is 7.29. The molecule has 1 aromatic heterocycles. The molecule has 23 heavy (non-hydrogen) atoms. The van der Waals surface area contributed by atoms with E-state index in [0.29, 0.717) is 32.9 Å². The normalized spacial score (nSPS) is 13.4.